The second-order valence-electron chi connectivity index (χ2n) is 4.48. The van der Waals surface area contributed by atoms with Crippen molar-refractivity contribution in [3.63, 3.8) is 0 Å². The van der Waals surface area contributed by atoms with Crippen LogP contribution < -0.4 is 5.56 Å². The Morgan fingerprint density at radius 1 is 1.17 bits per heavy atom. The Bertz CT molecular complexity index is 552. The normalized spacial score (nSPS) is 10.8. The summed E-state index contributed by atoms with van der Waals surface area (Å²) in [6, 6.07) is 9.92. The maximum Gasteiger partial charge on any atom is 0.272 e. The molecule has 0 bridgehead atoms. The molecule has 1 aromatic heterocycles. The third kappa shape index (κ3) is 2.40. The molecular formula is C15H20N2O. The molecule has 1 aromatic carbocycles. The van der Waals surface area contributed by atoms with Crippen molar-refractivity contribution in [1.29, 1.82) is 0 Å². The van der Waals surface area contributed by atoms with E-state index in [0.717, 1.165) is 42.6 Å². The minimum Gasteiger partial charge on any atom is -0.289 e. The average molecular weight is 244 g/mol. The quantitative estimate of drug-likeness (QED) is 0.861. The molecule has 3 nitrogen and oxygen atoms in total. The molecule has 0 unspecified atom stereocenters. The lowest BCUT2D eigenvalue weighted by molar-refractivity contribution is 0.604. The van der Waals surface area contributed by atoms with Crippen LogP contribution in [0, 0.1) is 0 Å². The van der Waals surface area contributed by atoms with E-state index >= 15 is 0 Å². The first-order valence-electron chi connectivity index (χ1n) is 6.65. The minimum atomic E-state index is 0.0224. The van der Waals surface area contributed by atoms with Crippen molar-refractivity contribution in [2.45, 2.75) is 39.7 Å². The van der Waals surface area contributed by atoms with E-state index in [4.69, 9.17) is 0 Å². The van der Waals surface area contributed by atoms with E-state index in [2.05, 4.69) is 18.9 Å². The lowest BCUT2D eigenvalue weighted by atomic mass is 10.0. The fourth-order valence-electron chi connectivity index (χ4n) is 2.29. The van der Waals surface area contributed by atoms with Crippen LogP contribution in [0.1, 0.15) is 32.4 Å². The van der Waals surface area contributed by atoms with Gasteiger partial charge in [0, 0.05) is 12.2 Å². The van der Waals surface area contributed by atoms with Crippen molar-refractivity contribution in [3.8, 4) is 11.1 Å². The van der Waals surface area contributed by atoms with Gasteiger partial charge in [0.05, 0.1) is 5.56 Å². The van der Waals surface area contributed by atoms with E-state index in [1.165, 1.54) is 0 Å². The van der Waals surface area contributed by atoms with Crippen LogP contribution >= 0.6 is 0 Å². The van der Waals surface area contributed by atoms with Gasteiger partial charge in [-0.1, -0.05) is 43.7 Å². The molecule has 0 fully saturated rings. The summed E-state index contributed by atoms with van der Waals surface area (Å²) in [5.74, 6) is 0. The molecule has 0 saturated heterocycles. The highest BCUT2D eigenvalue weighted by atomic mass is 16.1. The number of hydrogen-bond acceptors (Lipinski definition) is 1. The lowest BCUT2D eigenvalue weighted by Gasteiger charge is -2.07. The number of aromatic amines is 1. The van der Waals surface area contributed by atoms with Crippen LogP contribution in [0.2, 0.25) is 0 Å². The van der Waals surface area contributed by atoms with Crippen LogP contribution in [0.15, 0.2) is 35.1 Å². The van der Waals surface area contributed by atoms with Gasteiger partial charge in [0.1, 0.15) is 0 Å². The first-order valence-corrected chi connectivity index (χ1v) is 6.65. The molecule has 0 aliphatic heterocycles. The van der Waals surface area contributed by atoms with Crippen molar-refractivity contribution >= 4 is 0 Å². The molecule has 0 amide bonds. The SMILES string of the molecule is CCCCc1c(-c2ccccc2)c(=O)[nH]n1CC. The maximum absolute atomic E-state index is 12.1. The summed E-state index contributed by atoms with van der Waals surface area (Å²) < 4.78 is 1.97. The number of nitrogens with zero attached hydrogens (tertiary/aromatic N) is 1. The van der Waals surface area contributed by atoms with Crippen LogP contribution in [0.3, 0.4) is 0 Å². The van der Waals surface area contributed by atoms with Crippen LogP contribution in [0.25, 0.3) is 11.1 Å². The molecule has 1 N–H and O–H groups in total. The number of aryl methyl sites for hydroxylation is 1. The first kappa shape index (κ1) is 12.7. The van der Waals surface area contributed by atoms with Crippen LogP contribution in [0.4, 0.5) is 0 Å². The van der Waals surface area contributed by atoms with Crippen LogP contribution in [-0.2, 0) is 13.0 Å². The standard InChI is InChI=1S/C15H20N2O/c1-3-5-11-13-14(12-9-7-6-8-10-12)15(18)16-17(13)4-2/h6-10H,3-5,11H2,1-2H3,(H,16,18). The number of aromatic nitrogens is 2. The number of rotatable bonds is 5. The highest BCUT2D eigenvalue weighted by Crippen LogP contribution is 2.21. The van der Waals surface area contributed by atoms with Gasteiger partial charge in [-0.05, 0) is 25.3 Å². The number of hydrogen-bond donors (Lipinski definition) is 1. The second-order valence-corrected chi connectivity index (χ2v) is 4.48. The summed E-state index contributed by atoms with van der Waals surface area (Å²) in [6.07, 6.45) is 3.20. The highest BCUT2D eigenvalue weighted by Gasteiger charge is 2.14. The van der Waals surface area contributed by atoms with E-state index in [-0.39, 0.29) is 5.56 Å². The molecule has 96 valence electrons. The Morgan fingerprint density at radius 2 is 1.89 bits per heavy atom. The molecule has 2 aromatic rings. The van der Waals surface area contributed by atoms with Crippen LogP contribution in [0.5, 0.6) is 0 Å². The highest BCUT2D eigenvalue weighted by molar-refractivity contribution is 5.65. The van der Waals surface area contributed by atoms with Gasteiger partial charge in [-0.25, -0.2) is 0 Å². The van der Waals surface area contributed by atoms with Crippen molar-refractivity contribution in [2.75, 3.05) is 0 Å². The molecular weight excluding hydrogens is 224 g/mol. The molecule has 18 heavy (non-hydrogen) atoms. The molecule has 3 heteroatoms. The number of benzene rings is 1. The van der Waals surface area contributed by atoms with Gasteiger partial charge in [-0.3, -0.25) is 14.6 Å². The number of H-pyrrole nitrogens is 1. The summed E-state index contributed by atoms with van der Waals surface area (Å²) in [5.41, 5.74) is 3.01. The van der Waals surface area contributed by atoms with Crippen molar-refractivity contribution in [3.05, 3.63) is 46.4 Å². The molecule has 2 rings (SSSR count). The predicted molar refractivity (Wildman–Crippen MR) is 74.8 cm³/mol. The van der Waals surface area contributed by atoms with E-state index in [0.29, 0.717) is 0 Å². The Hall–Kier alpha value is -1.77. The lowest BCUT2D eigenvalue weighted by Crippen LogP contribution is -2.05. The zero-order chi connectivity index (χ0) is 13.0. The topological polar surface area (TPSA) is 37.8 Å². The molecule has 0 aliphatic carbocycles. The average Bonchev–Trinajstić information content (AvgIpc) is 2.73. The summed E-state index contributed by atoms with van der Waals surface area (Å²) in [7, 11) is 0. The Labute approximate surface area is 107 Å². The monoisotopic (exact) mass is 244 g/mol. The van der Waals surface area contributed by atoms with Gasteiger partial charge in [-0.15, -0.1) is 0 Å². The van der Waals surface area contributed by atoms with Crippen molar-refractivity contribution < 1.29 is 0 Å². The van der Waals surface area contributed by atoms with Crippen LogP contribution in [-0.4, -0.2) is 9.78 Å². The number of nitrogens with one attached hydrogen (secondary N) is 1. The Balaban J connectivity index is 2.51. The Morgan fingerprint density at radius 3 is 2.50 bits per heavy atom. The van der Waals surface area contributed by atoms with E-state index in [1.807, 2.05) is 35.0 Å². The first-order chi connectivity index (χ1) is 8.77. The van der Waals surface area contributed by atoms with Gasteiger partial charge < -0.3 is 0 Å². The molecule has 0 saturated carbocycles. The molecule has 0 spiro atoms. The maximum atomic E-state index is 12.1. The van der Waals surface area contributed by atoms with Gasteiger partial charge >= 0.3 is 0 Å². The molecule has 0 atom stereocenters. The summed E-state index contributed by atoms with van der Waals surface area (Å²) >= 11 is 0. The van der Waals surface area contributed by atoms with E-state index < -0.39 is 0 Å². The van der Waals surface area contributed by atoms with E-state index in [1.54, 1.807) is 0 Å². The van der Waals surface area contributed by atoms with Gasteiger partial charge in [-0.2, -0.15) is 0 Å². The minimum absolute atomic E-state index is 0.0224. The number of unbranched alkanes of at least 4 members (excludes halogenated alkanes) is 1. The second kappa shape index (κ2) is 5.71. The predicted octanol–water partition coefficient (Wildman–Crippen LogP) is 3.21. The summed E-state index contributed by atoms with van der Waals surface area (Å²) in [4.78, 5) is 12.1. The molecule has 0 radical (unpaired) electrons. The molecule has 0 aliphatic rings. The summed E-state index contributed by atoms with van der Waals surface area (Å²) in [6.45, 7) is 5.03. The smallest absolute Gasteiger partial charge is 0.272 e. The van der Waals surface area contributed by atoms with Gasteiger partial charge in [0.25, 0.3) is 5.56 Å². The van der Waals surface area contributed by atoms with Gasteiger partial charge in [0.2, 0.25) is 0 Å². The third-order valence-corrected chi connectivity index (χ3v) is 3.22. The zero-order valence-electron chi connectivity index (χ0n) is 11.1. The van der Waals surface area contributed by atoms with E-state index in [9.17, 15) is 4.79 Å². The fraction of sp³-hybridized carbons (Fsp3) is 0.400. The van der Waals surface area contributed by atoms with Crippen molar-refractivity contribution in [2.24, 2.45) is 0 Å². The zero-order valence-corrected chi connectivity index (χ0v) is 11.1. The summed E-state index contributed by atoms with van der Waals surface area (Å²) in [5, 5.41) is 2.93. The van der Waals surface area contributed by atoms with Crippen molar-refractivity contribution in [1.82, 2.24) is 9.78 Å². The third-order valence-electron chi connectivity index (χ3n) is 3.22. The fourth-order valence-corrected chi connectivity index (χ4v) is 2.29. The largest absolute Gasteiger partial charge is 0.289 e. The molecule has 1 heterocycles. The Kier molecular flexibility index (Phi) is 4.03. The van der Waals surface area contributed by atoms with Gasteiger partial charge in [0.15, 0.2) is 0 Å².